The first kappa shape index (κ1) is 17.6. The molecule has 132 valence electrons. The standard InChI is InChI=1S/C19H22N2O3S/c1-3-14(18(22)21-17-9-8-12(2)11-20-17)24-19(23)16-10-13-6-4-5-7-15(13)25-16/h8-11,14H,3-7H2,1-2H3,(H,20,21,22). The lowest BCUT2D eigenvalue weighted by atomic mass is 9.99. The maximum Gasteiger partial charge on any atom is 0.349 e. The van der Waals surface area contributed by atoms with Gasteiger partial charge in [-0.2, -0.15) is 0 Å². The molecule has 1 N–H and O–H groups in total. The minimum atomic E-state index is -0.824. The molecule has 0 saturated heterocycles. The molecule has 3 rings (SSSR count). The van der Waals surface area contributed by atoms with Crippen LogP contribution in [0, 0.1) is 6.92 Å². The van der Waals surface area contributed by atoms with Crippen LogP contribution in [0.5, 0.6) is 0 Å². The van der Waals surface area contributed by atoms with Crippen molar-refractivity contribution in [3.05, 3.63) is 45.3 Å². The number of esters is 1. The molecule has 2 aromatic rings. The number of pyridine rings is 1. The van der Waals surface area contributed by atoms with Crippen LogP contribution in [0.1, 0.15) is 51.9 Å². The lowest BCUT2D eigenvalue weighted by Gasteiger charge is -2.15. The second-order valence-electron chi connectivity index (χ2n) is 6.28. The van der Waals surface area contributed by atoms with E-state index in [1.807, 2.05) is 26.0 Å². The summed E-state index contributed by atoms with van der Waals surface area (Å²) in [7, 11) is 0. The van der Waals surface area contributed by atoms with E-state index in [1.54, 1.807) is 12.3 Å². The molecule has 6 heteroatoms. The molecular formula is C19H22N2O3S. The molecule has 0 fully saturated rings. The number of ether oxygens (including phenoxy) is 1. The van der Waals surface area contributed by atoms with Gasteiger partial charge in [0.05, 0.1) is 0 Å². The second-order valence-corrected chi connectivity index (χ2v) is 7.42. The number of anilines is 1. The third-order valence-corrected chi connectivity index (χ3v) is 5.49. The third kappa shape index (κ3) is 4.25. The van der Waals surface area contributed by atoms with E-state index in [-0.39, 0.29) is 5.91 Å². The SMILES string of the molecule is CCC(OC(=O)c1cc2c(s1)CCCC2)C(=O)Nc1ccc(C)cn1. The minimum absolute atomic E-state index is 0.353. The summed E-state index contributed by atoms with van der Waals surface area (Å²) in [6.45, 7) is 3.75. The molecule has 1 aliphatic rings. The van der Waals surface area contributed by atoms with Gasteiger partial charge in [-0.1, -0.05) is 13.0 Å². The van der Waals surface area contributed by atoms with Gasteiger partial charge in [0.15, 0.2) is 6.10 Å². The molecule has 1 unspecified atom stereocenters. The van der Waals surface area contributed by atoms with E-state index >= 15 is 0 Å². The number of carbonyl (C=O) groups excluding carboxylic acids is 2. The highest BCUT2D eigenvalue weighted by Gasteiger charge is 2.25. The Hall–Kier alpha value is -2.21. The first-order chi connectivity index (χ1) is 12.1. The van der Waals surface area contributed by atoms with Gasteiger partial charge in [0, 0.05) is 11.1 Å². The fourth-order valence-corrected chi connectivity index (χ4v) is 3.99. The molecule has 1 amide bonds. The van der Waals surface area contributed by atoms with E-state index in [9.17, 15) is 9.59 Å². The minimum Gasteiger partial charge on any atom is -0.448 e. The highest BCUT2D eigenvalue weighted by molar-refractivity contribution is 7.14. The number of carbonyl (C=O) groups is 2. The zero-order chi connectivity index (χ0) is 17.8. The van der Waals surface area contributed by atoms with E-state index in [2.05, 4.69) is 10.3 Å². The van der Waals surface area contributed by atoms with Crippen molar-refractivity contribution in [2.45, 2.75) is 52.1 Å². The highest BCUT2D eigenvalue weighted by Crippen LogP contribution is 2.30. The molecule has 2 aromatic heterocycles. The van der Waals surface area contributed by atoms with Crippen LogP contribution in [0.3, 0.4) is 0 Å². The van der Waals surface area contributed by atoms with Crippen LogP contribution >= 0.6 is 11.3 Å². The monoisotopic (exact) mass is 358 g/mol. The van der Waals surface area contributed by atoms with Crippen LogP contribution in [-0.4, -0.2) is 23.0 Å². The Kier molecular flexibility index (Phi) is 5.48. The lowest BCUT2D eigenvalue weighted by molar-refractivity contribution is -0.124. The van der Waals surface area contributed by atoms with Gasteiger partial charge in [0.2, 0.25) is 0 Å². The lowest BCUT2D eigenvalue weighted by Crippen LogP contribution is -2.32. The first-order valence-corrected chi connectivity index (χ1v) is 9.44. The Labute approximate surface area is 151 Å². The number of fused-ring (bicyclic) bond motifs is 1. The molecule has 1 aliphatic carbocycles. The van der Waals surface area contributed by atoms with Gasteiger partial charge >= 0.3 is 5.97 Å². The maximum atomic E-state index is 12.4. The topological polar surface area (TPSA) is 68.3 Å². The smallest absolute Gasteiger partial charge is 0.349 e. The zero-order valence-electron chi connectivity index (χ0n) is 14.5. The largest absolute Gasteiger partial charge is 0.448 e. The van der Waals surface area contributed by atoms with Gasteiger partial charge in [0.25, 0.3) is 5.91 Å². The Morgan fingerprint density at radius 2 is 2.12 bits per heavy atom. The number of nitrogens with one attached hydrogen (secondary N) is 1. The Balaban J connectivity index is 1.64. The molecule has 0 radical (unpaired) electrons. The normalized spacial score (nSPS) is 14.5. The molecular weight excluding hydrogens is 336 g/mol. The quantitative estimate of drug-likeness (QED) is 0.823. The van der Waals surface area contributed by atoms with Crippen molar-refractivity contribution in [3.8, 4) is 0 Å². The van der Waals surface area contributed by atoms with Gasteiger partial charge in [-0.3, -0.25) is 4.79 Å². The van der Waals surface area contributed by atoms with E-state index in [4.69, 9.17) is 4.74 Å². The van der Waals surface area contributed by atoms with Gasteiger partial charge in [-0.25, -0.2) is 9.78 Å². The van der Waals surface area contributed by atoms with Crippen molar-refractivity contribution in [3.63, 3.8) is 0 Å². The third-order valence-electron chi connectivity index (χ3n) is 4.27. The molecule has 0 aromatic carbocycles. The van der Waals surface area contributed by atoms with Crippen molar-refractivity contribution in [1.29, 1.82) is 0 Å². The van der Waals surface area contributed by atoms with Crippen molar-refractivity contribution in [2.75, 3.05) is 5.32 Å². The number of rotatable bonds is 5. The summed E-state index contributed by atoms with van der Waals surface area (Å²) in [6, 6.07) is 5.52. The summed E-state index contributed by atoms with van der Waals surface area (Å²) in [6.07, 6.45) is 5.66. The predicted octanol–water partition coefficient (Wildman–Crippen LogP) is 3.90. The van der Waals surface area contributed by atoms with Gasteiger partial charge in [0.1, 0.15) is 10.7 Å². The summed E-state index contributed by atoms with van der Waals surface area (Å²) in [5.74, 6) is -0.316. The fraction of sp³-hybridized carbons (Fsp3) is 0.421. The molecule has 1 atom stereocenters. The van der Waals surface area contributed by atoms with E-state index in [0.29, 0.717) is 17.1 Å². The van der Waals surface area contributed by atoms with Gasteiger partial charge in [-0.05, 0) is 62.3 Å². The Morgan fingerprint density at radius 1 is 1.32 bits per heavy atom. The molecule has 25 heavy (non-hydrogen) atoms. The average molecular weight is 358 g/mol. The first-order valence-electron chi connectivity index (χ1n) is 8.63. The number of aryl methyl sites for hydroxylation is 3. The van der Waals surface area contributed by atoms with Crippen LogP contribution in [0.2, 0.25) is 0 Å². The van der Waals surface area contributed by atoms with Crippen LogP contribution in [-0.2, 0) is 22.4 Å². The Morgan fingerprint density at radius 3 is 2.80 bits per heavy atom. The fourth-order valence-electron chi connectivity index (χ4n) is 2.85. The van der Waals surface area contributed by atoms with Crippen molar-refractivity contribution < 1.29 is 14.3 Å². The van der Waals surface area contributed by atoms with Gasteiger partial charge < -0.3 is 10.1 Å². The molecule has 0 bridgehead atoms. The van der Waals surface area contributed by atoms with Crippen molar-refractivity contribution in [1.82, 2.24) is 4.98 Å². The molecule has 5 nitrogen and oxygen atoms in total. The maximum absolute atomic E-state index is 12.4. The van der Waals surface area contributed by atoms with E-state index < -0.39 is 12.1 Å². The average Bonchev–Trinajstić information content (AvgIpc) is 3.05. The summed E-state index contributed by atoms with van der Waals surface area (Å²) in [5, 5.41) is 2.70. The number of hydrogen-bond donors (Lipinski definition) is 1. The Bertz CT molecular complexity index is 744. The van der Waals surface area contributed by atoms with Crippen molar-refractivity contribution >= 4 is 29.0 Å². The number of aromatic nitrogens is 1. The number of amides is 1. The van der Waals surface area contributed by atoms with Crippen LogP contribution in [0.4, 0.5) is 5.82 Å². The number of thiophene rings is 1. The number of nitrogens with zero attached hydrogens (tertiary/aromatic N) is 1. The molecule has 0 spiro atoms. The van der Waals surface area contributed by atoms with Crippen LogP contribution in [0.15, 0.2) is 24.4 Å². The molecule has 0 saturated carbocycles. The van der Waals surface area contributed by atoms with E-state index in [1.165, 1.54) is 34.6 Å². The van der Waals surface area contributed by atoms with Gasteiger partial charge in [-0.15, -0.1) is 11.3 Å². The van der Waals surface area contributed by atoms with E-state index in [0.717, 1.165) is 18.4 Å². The number of hydrogen-bond acceptors (Lipinski definition) is 5. The van der Waals surface area contributed by atoms with Crippen molar-refractivity contribution in [2.24, 2.45) is 0 Å². The molecule has 0 aliphatic heterocycles. The summed E-state index contributed by atoms with van der Waals surface area (Å²) >= 11 is 1.49. The highest BCUT2D eigenvalue weighted by atomic mass is 32.1. The summed E-state index contributed by atoms with van der Waals surface area (Å²) in [4.78, 5) is 30.8. The predicted molar refractivity (Wildman–Crippen MR) is 98.1 cm³/mol. The van der Waals surface area contributed by atoms with Crippen LogP contribution in [0.25, 0.3) is 0 Å². The van der Waals surface area contributed by atoms with Crippen LogP contribution < -0.4 is 5.32 Å². The molecule has 2 heterocycles. The zero-order valence-corrected chi connectivity index (χ0v) is 15.3. The summed E-state index contributed by atoms with van der Waals surface area (Å²) in [5.41, 5.74) is 2.27. The summed E-state index contributed by atoms with van der Waals surface area (Å²) < 4.78 is 5.45. The second kappa shape index (κ2) is 7.78.